The minimum atomic E-state index is -0.0231. The van der Waals surface area contributed by atoms with Crippen LogP contribution in [0.25, 0.3) is 0 Å². The van der Waals surface area contributed by atoms with Gasteiger partial charge in [0.25, 0.3) is 0 Å². The second-order valence-corrected chi connectivity index (χ2v) is 3.25. The van der Waals surface area contributed by atoms with Gasteiger partial charge in [-0.1, -0.05) is 6.07 Å². The summed E-state index contributed by atoms with van der Waals surface area (Å²) in [5.74, 6) is 0.819. The molecule has 1 aromatic rings. The molecule has 0 saturated carbocycles. The zero-order chi connectivity index (χ0) is 10.6. The fourth-order valence-electron chi connectivity index (χ4n) is 1.47. The first-order valence-corrected chi connectivity index (χ1v) is 4.65. The molecule has 0 aliphatic heterocycles. The number of aliphatic hydroxyl groups excluding tert-OH is 1. The van der Waals surface area contributed by atoms with E-state index in [0.717, 1.165) is 16.9 Å². The quantitative estimate of drug-likeness (QED) is 0.760. The molecule has 0 fully saturated rings. The zero-order valence-electron chi connectivity index (χ0n) is 8.87. The summed E-state index contributed by atoms with van der Waals surface area (Å²) in [7, 11) is 3.47. The molecule has 2 N–H and O–H groups in total. The average molecular weight is 195 g/mol. The largest absolute Gasteiger partial charge is 0.497 e. The molecule has 0 aromatic heterocycles. The molecule has 0 bridgehead atoms. The van der Waals surface area contributed by atoms with E-state index < -0.39 is 0 Å². The van der Waals surface area contributed by atoms with Crippen LogP contribution in [0.5, 0.6) is 5.75 Å². The van der Waals surface area contributed by atoms with Gasteiger partial charge in [-0.15, -0.1) is 0 Å². The van der Waals surface area contributed by atoms with Crippen molar-refractivity contribution in [3.63, 3.8) is 0 Å². The Kier molecular flexibility index (Phi) is 3.92. The molecule has 0 amide bonds. The van der Waals surface area contributed by atoms with Crippen LogP contribution >= 0.6 is 0 Å². The van der Waals surface area contributed by atoms with Gasteiger partial charge in [-0.05, 0) is 37.2 Å². The van der Waals surface area contributed by atoms with Gasteiger partial charge in [0.2, 0.25) is 0 Å². The maximum absolute atomic E-state index is 9.16. The van der Waals surface area contributed by atoms with E-state index in [9.17, 15) is 0 Å². The highest BCUT2D eigenvalue weighted by Gasteiger charge is 2.11. The highest BCUT2D eigenvalue weighted by atomic mass is 16.5. The van der Waals surface area contributed by atoms with Crippen molar-refractivity contribution in [2.75, 3.05) is 20.8 Å². The Hall–Kier alpha value is -1.06. The molecular weight excluding hydrogens is 178 g/mol. The number of aliphatic hydroxyl groups is 1. The molecule has 0 unspecified atom stereocenters. The molecule has 3 heteroatoms. The highest BCUT2D eigenvalue weighted by Crippen LogP contribution is 2.22. The summed E-state index contributed by atoms with van der Waals surface area (Å²) in [5, 5.41) is 12.2. The standard InChI is InChI=1S/C11H17NO2/c1-8-4-5-9(14-3)6-10(8)11(7-13)12-2/h4-6,11-13H,7H2,1-3H3/t11-/m1/s1. The lowest BCUT2D eigenvalue weighted by Crippen LogP contribution is -2.20. The Morgan fingerprint density at radius 1 is 1.50 bits per heavy atom. The predicted octanol–water partition coefficient (Wildman–Crippen LogP) is 1.26. The van der Waals surface area contributed by atoms with Crippen LogP contribution in [-0.2, 0) is 0 Å². The topological polar surface area (TPSA) is 41.5 Å². The summed E-state index contributed by atoms with van der Waals surface area (Å²) in [5.41, 5.74) is 2.23. The van der Waals surface area contributed by atoms with Gasteiger partial charge in [-0.2, -0.15) is 0 Å². The van der Waals surface area contributed by atoms with Crippen molar-refractivity contribution >= 4 is 0 Å². The van der Waals surface area contributed by atoms with Crippen molar-refractivity contribution in [3.05, 3.63) is 29.3 Å². The van der Waals surface area contributed by atoms with Gasteiger partial charge < -0.3 is 15.2 Å². The van der Waals surface area contributed by atoms with Crippen molar-refractivity contribution in [1.29, 1.82) is 0 Å². The lowest BCUT2D eigenvalue weighted by atomic mass is 10.0. The molecule has 1 rings (SSSR count). The Morgan fingerprint density at radius 2 is 2.21 bits per heavy atom. The van der Waals surface area contributed by atoms with Crippen LogP contribution in [0.4, 0.5) is 0 Å². The van der Waals surface area contributed by atoms with E-state index in [2.05, 4.69) is 5.32 Å². The van der Waals surface area contributed by atoms with E-state index in [-0.39, 0.29) is 12.6 Å². The van der Waals surface area contributed by atoms with Gasteiger partial charge in [-0.3, -0.25) is 0 Å². The minimum absolute atomic E-state index is 0.0231. The molecule has 3 nitrogen and oxygen atoms in total. The number of hydrogen-bond donors (Lipinski definition) is 2. The van der Waals surface area contributed by atoms with Gasteiger partial charge in [0, 0.05) is 0 Å². The summed E-state index contributed by atoms with van der Waals surface area (Å²) < 4.78 is 5.14. The molecule has 0 saturated heterocycles. The molecule has 0 radical (unpaired) electrons. The molecule has 0 spiro atoms. The summed E-state index contributed by atoms with van der Waals surface area (Å²) in [6.45, 7) is 2.11. The van der Waals surface area contributed by atoms with E-state index in [1.165, 1.54) is 0 Å². The maximum Gasteiger partial charge on any atom is 0.119 e. The number of aryl methyl sites for hydroxylation is 1. The van der Waals surface area contributed by atoms with E-state index in [1.807, 2.05) is 32.2 Å². The molecule has 1 aromatic carbocycles. The van der Waals surface area contributed by atoms with Crippen LogP contribution in [0.15, 0.2) is 18.2 Å². The van der Waals surface area contributed by atoms with Crippen LogP contribution in [0.1, 0.15) is 17.2 Å². The maximum atomic E-state index is 9.16. The number of nitrogens with one attached hydrogen (secondary N) is 1. The van der Waals surface area contributed by atoms with Crippen molar-refractivity contribution in [3.8, 4) is 5.75 Å². The molecule has 0 aliphatic rings. The van der Waals surface area contributed by atoms with Gasteiger partial charge in [0.15, 0.2) is 0 Å². The minimum Gasteiger partial charge on any atom is -0.497 e. The fraction of sp³-hybridized carbons (Fsp3) is 0.455. The smallest absolute Gasteiger partial charge is 0.119 e. The van der Waals surface area contributed by atoms with Gasteiger partial charge in [-0.25, -0.2) is 0 Å². The van der Waals surface area contributed by atoms with Crippen LogP contribution in [0.2, 0.25) is 0 Å². The lowest BCUT2D eigenvalue weighted by molar-refractivity contribution is 0.250. The molecular formula is C11H17NO2. The third kappa shape index (κ3) is 2.25. The highest BCUT2D eigenvalue weighted by molar-refractivity contribution is 5.36. The van der Waals surface area contributed by atoms with Gasteiger partial charge >= 0.3 is 0 Å². The average Bonchev–Trinajstić information content (AvgIpc) is 2.22. The number of rotatable bonds is 4. The Bertz CT molecular complexity index is 295. The number of benzene rings is 1. The second kappa shape index (κ2) is 4.98. The SMILES string of the molecule is CN[C@H](CO)c1cc(OC)ccc1C. The molecule has 0 heterocycles. The number of methoxy groups -OCH3 is 1. The number of likely N-dealkylation sites (N-methyl/N-ethyl adjacent to an activating group) is 1. The van der Waals surface area contributed by atoms with Crippen LogP contribution in [-0.4, -0.2) is 25.9 Å². The first-order valence-electron chi connectivity index (χ1n) is 4.65. The third-order valence-electron chi connectivity index (χ3n) is 2.39. The monoisotopic (exact) mass is 195 g/mol. The lowest BCUT2D eigenvalue weighted by Gasteiger charge is -2.17. The normalized spacial score (nSPS) is 12.6. The van der Waals surface area contributed by atoms with Gasteiger partial charge in [0.05, 0.1) is 19.8 Å². The van der Waals surface area contributed by atoms with Crippen molar-refractivity contribution in [2.45, 2.75) is 13.0 Å². The predicted molar refractivity (Wildman–Crippen MR) is 56.6 cm³/mol. The summed E-state index contributed by atoms with van der Waals surface area (Å²) in [6.07, 6.45) is 0. The van der Waals surface area contributed by atoms with Crippen molar-refractivity contribution in [2.24, 2.45) is 0 Å². The second-order valence-electron chi connectivity index (χ2n) is 3.25. The van der Waals surface area contributed by atoms with E-state index in [0.29, 0.717) is 0 Å². The summed E-state index contributed by atoms with van der Waals surface area (Å²) in [4.78, 5) is 0. The van der Waals surface area contributed by atoms with E-state index >= 15 is 0 Å². The number of hydrogen-bond acceptors (Lipinski definition) is 3. The summed E-state index contributed by atoms with van der Waals surface area (Å²) >= 11 is 0. The van der Waals surface area contributed by atoms with Crippen molar-refractivity contribution < 1.29 is 9.84 Å². The molecule has 14 heavy (non-hydrogen) atoms. The first kappa shape index (κ1) is 11.0. The first-order chi connectivity index (χ1) is 6.72. The van der Waals surface area contributed by atoms with Crippen molar-refractivity contribution in [1.82, 2.24) is 5.32 Å². The summed E-state index contributed by atoms with van der Waals surface area (Å²) in [6, 6.07) is 5.84. The van der Waals surface area contributed by atoms with Crippen LogP contribution in [0.3, 0.4) is 0 Å². The zero-order valence-corrected chi connectivity index (χ0v) is 8.87. The van der Waals surface area contributed by atoms with Crippen LogP contribution in [0, 0.1) is 6.92 Å². The fourth-order valence-corrected chi connectivity index (χ4v) is 1.47. The number of ether oxygens (including phenoxy) is 1. The Balaban J connectivity index is 3.04. The molecule has 78 valence electrons. The van der Waals surface area contributed by atoms with E-state index in [4.69, 9.17) is 9.84 Å². The van der Waals surface area contributed by atoms with E-state index in [1.54, 1.807) is 7.11 Å². The molecule has 1 atom stereocenters. The third-order valence-corrected chi connectivity index (χ3v) is 2.39. The van der Waals surface area contributed by atoms with Gasteiger partial charge in [0.1, 0.15) is 5.75 Å². The Labute approximate surface area is 84.7 Å². The van der Waals surface area contributed by atoms with Crippen LogP contribution < -0.4 is 10.1 Å². The Morgan fingerprint density at radius 3 is 2.71 bits per heavy atom. The molecule has 0 aliphatic carbocycles.